The molecule has 2 saturated heterocycles. The molecule has 0 aromatic heterocycles. The van der Waals surface area contributed by atoms with Crippen molar-refractivity contribution >= 4 is 0 Å². The van der Waals surface area contributed by atoms with Crippen molar-refractivity contribution in [3.05, 3.63) is 0 Å². The van der Waals surface area contributed by atoms with Gasteiger partial charge in [0.1, 0.15) is 0 Å². The number of aliphatic hydroxyl groups excluding tert-OH is 1. The van der Waals surface area contributed by atoms with Crippen molar-refractivity contribution < 1.29 is 52.8 Å². The lowest BCUT2D eigenvalue weighted by Gasteiger charge is -2.26. The molecule has 11 heteroatoms. The van der Waals surface area contributed by atoms with E-state index in [0.29, 0.717) is 98.7 Å². The first-order valence-corrected chi connectivity index (χ1v) is 11.8. The minimum Gasteiger partial charge on any atom is -0.394 e. The van der Waals surface area contributed by atoms with E-state index in [4.69, 9.17) is 47.7 Å². The first-order valence-electron chi connectivity index (χ1n) is 11.8. The van der Waals surface area contributed by atoms with Crippen molar-refractivity contribution in [1.82, 2.24) is 0 Å². The molecule has 2 aliphatic heterocycles. The summed E-state index contributed by atoms with van der Waals surface area (Å²) in [5.41, 5.74) is -0.888. The fourth-order valence-electron chi connectivity index (χ4n) is 3.07. The zero-order valence-corrected chi connectivity index (χ0v) is 19.7. The van der Waals surface area contributed by atoms with E-state index in [-0.39, 0.29) is 25.4 Å². The minimum absolute atomic E-state index is 0.0263. The second-order valence-electron chi connectivity index (χ2n) is 7.99. The molecule has 0 amide bonds. The summed E-state index contributed by atoms with van der Waals surface area (Å²) < 4.78 is 48.2. The molecule has 0 bridgehead atoms. The lowest BCUT2D eigenvalue weighted by Crippen LogP contribution is -2.38. The van der Waals surface area contributed by atoms with Gasteiger partial charge in [0.2, 0.25) is 0 Å². The molecule has 2 atom stereocenters. The fourth-order valence-corrected chi connectivity index (χ4v) is 3.07. The van der Waals surface area contributed by atoms with Crippen LogP contribution in [0.2, 0.25) is 0 Å². The first kappa shape index (κ1) is 28.8. The molecule has 0 saturated carbocycles. The van der Waals surface area contributed by atoms with Crippen LogP contribution in [0.4, 0.5) is 0 Å². The van der Waals surface area contributed by atoms with Crippen molar-refractivity contribution in [2.75, 3.05) is 112 Å². The quantitative estimate of drug-likeness (QED) is 0.121. The number of ether oxygens (including phenoxy) is 9. The highest BCUT2D eigenvalue weighted by Gasteiger charge is 2.41. The van der Waals surface area contributed by atoms with E-state index in [1.54, 1.807) is 0 Å². The van der Waals surface area contributed by atoms with Crippen LogP contribution in [-0.4, -0.2) is 140 Å². The van der Waals surface area contributed by atoms with Gasteiger partial charge in [-0.05, 0) is 0 Å². The van der Waals surface area contributed by atoms with E-state index < -0.39 is 5.60 Å². The van der Waals surface area contributed by atoms with E-state index >= 15 is 0 Å². The van der Waals surface area contributed by atoms with Crippen LogP contribution in [0.1, 0.15) is 12.8 Å². The Morgan fingerprint density at radius 2 is 0.848 bits per heavy atom. The second-order valence-corrected chi connectivity index (χ2v) is 7.99. The SMILES string of the molecule is OCCOCCOCCOCCOCCOCCOCCOCC(O)(CC1CO1)CC1CO1. The van der Waals surface area contributed by atoms with E-state index in [0.717, 1.165) is 13.2 Å². The van der Waals surface area contributed by atoms with Gasteiger partial charge in [0.25, 0.3) is 0 Å². The molecule has 2 unspecified atom stereocenters. The lowest BCUT2D eigenvalue weighted by atomic mass is 9.93. The van der Waals surface area contributed by atoms with Gasteiger partial charge in [0, 0.05) is 12.8 Å². The summed E-state index contributed by atoms with van der Waals surface area (Å²) in [6, 6.07) is 0. The zero-order valence-electron chi connectivity index (χ0n) is 19.7. The monoisotopic (exact) mass is 482 g/mol. The smallest absolute Gasteiger partial charge is 0.0931 e. The summed E-state index contributed by atoms with van der Waals surface area (Å²) in [6.07, 6.45) is 1.48. The van der Waals surface area contributed by atoms with Gasteiger partial charge in [-0.2, -0.15) is 0 Å². The number of rotatable bonds is 26. The van der Waals surface area contributed by atoms with E-state index in [2.05, 4.69) is 0 Å². The van der Waals surface area contributed by atoms with Gasteiger partial charge in [-0.1, -0.05) is 0 Å². The maximum atomic E-state index is 10.7. The minimum atomic E-state index is -0.888. The summed E-state index contributed by atoms with van der Waals surface area (Å²) in [7, 11) is 0. The van der Waals surface area contributed by atoms with Crippen LogP contribution in [0.3, 0.4) is 0 Å². The Bertz CT molecular complexity index is 432. The Kier molecular flexibility index (Phi) is 16.4. The van der Waals surface area contributed by atoms with Gasteiger partial charge in [0.05, 0.1) is 130 Å². The van der Waals surface area contributed by atoms with Crippen LogP contribution in [0.25, 0.3) is 0 Å². The largest absolute Gasteiger partial charge is 0.394 e. The van der Waals surface area contributed by atoms with Gasteiger partial charge in [-0.3, -0.25) is 0 Å². The van der Waals surface area contributed by atoms with Crippen molar-refractivity contribution in [3.8, 4) is 0 Å². The highest BCUT2D eigenvalue weighted by molar-refractivity contribution is 4.91. The van der Waals surface area contributed by atoms with Crippen LogP contribution < -0.4 is 0 Å². The summed E-state index contributed by atoms with van der Waals surface area (Å²) in [4.78, 5) is 0. The molecule has 0 spiro atoms. The van der Waals surface area contributed by atoms with Gasteiger partial charge < -0.3 is 52.8 Å². The molecule has 2 N–H and O–H groups in total. The third-order valence-corrected chi connectivity index (χ3v) is 4.86. The van der Waals surface area contributed by atoms with Gasteiger partial charge in [-0.15, -0.1) is 0 Å². The summed E-state index contributed by atoms with van der Waals surface area (Å²) in [5, 5.41) is 19.3. The molecule has 0 aliphatic carbocycles. The van der Waals surface area contributed by atoms with Crippen molar-refractivity contribution in [2.45, 2.75) is 30.7 Å². The van der Waals surface area contributed by atoms with E-state index in [1.807, 2.05) is 0 Å². The normalized spacial score (nSPS) is 21.3. The van der Waals surface area contributed by atoms with E-state index in [1.165, 1.54) is 0 Å². The molecule has 2 fully saturated rings. The van der Waals surface area contributed by atoms with Crippen LogP contribution in [0, 0.1) is 0 Å². The van der Waals surface area contributed by atoms with Gasteiger partial charge in [-0.25, -0.2) is 0 Å². The number of hydrogen-bond donors (Lipinski definition) is 2. The summed E-state index contributed by atoms with van der Waals surface area (Å²) in [6.45, 7) is 7.87. The maximum absolute atomic E-state index is 10.7. The highest BCUT2D eigenvalue weighted by Crippen LogP contribution is 2.31. The Hall–Kier alpha value is -0.440. The third-order valence-electron chi connectivity index (χ3n) is 4.86. The molecule has 2 heterocycles. The molecule has 0 aromatic carbocycles. The first-order chi connectivity index (χ1) is 16.2. The van der Waals surface area contributed by atoms with Crippen molar-refractivity contribution in [3.63, 3.8) is 0 Å². The Morgan fingerprint density at radius 1 is 0.545 bits per heavy atom. The summed E-state index contributed by atoms with van der Waals surface area (Å²) in [5.74, 6) is 0. The molecule has 196 valence electrons. The molecular formula is C22H42O11. The van der Waals surface area contributed by atoms with Crippen LogP contribution in [-0.2, 0) is 42.6 Å². The fraction of sp³-hybridized carbons (Fsp3) is 1.00. The molecular weight excluding hydrogens is 440 g/mol. The molecule has 0 aromatic rings. The zero-order chi connectivity index (χ0) is 23.5. The summed E-state index contributed by atoms with van der Waals surface area (Å²) >= 11 is 0. The average Bonchev–Trinajstić information content (AvgIpc) is 3.73. The molecule has 2 aliphatic rings. The van der Waals surface area contributed by atoms with E-state index in [9.17, 15) is 5.11 Å². The topological polar surface area (TPSA) is 130 Å². The predicted molar refractivity (Wildman–Crippen MR) is 116 cm³/mol. The lowest BCUT2D eigenvalue weighted by molar-refractivity contribution is -0.0758. The number of aliphatic hydroxyl groups is 2. The number of hydrogen-bond acceptors (Lipinski definition) is 11. The number of epoxide rings is 2. The second kappa shape index (κ2) is 18.8. The van der Waals surface area contributed by atoms with Crippen LogP contribution in [0.5, 0.6) is 0 Å². The molecule has 2 rings (SSSR count). The highest BCUT2D eigenvalue weighted by atomic mass is 16.6. The Morgan fingerprint density at radius 3 is 1.15 bits per heavy atom. The van der Waals surface area contributed by atoms with Crippen LogP contribution >= 0.6 is 0 Å². The van der Waals surface area contributed by atoms with Crippen molar-refractivity contribution in [2.24, 2.45) is 0 Å². The average molecular weight is 483 g/mol. The molecule has 0 radical (unpaired) electrons. The predicted octanol–water partition coefficient (Wildman–Crippen LogP) is -0.596. The van der Waals surface area contributed by atoms with Gasteiger partial charge in [0.15, 0.2) is 0 Å². The van der Waals surface area contributed by atoms with Crippen molar-refractivity contribution in [1.29, 1.82) is 0 Å². The maximum Gasteiger partial charge on any atom is 0.0931 e. The molecule has 11 nitrogen and oxygen atoms in total. The standard InChI is InChI=1S/C22H42O11/c23-1-2-25-3-4-26-5-6-27-7-8-28-9-10-29-11-12-30-13-14-31-19-22(24,15-20-17-32-20)16-21-18-33-21/h20-21,23-24H,1-19H2. The Labute approximate surface area is 196 Å². The van der Waals surface area contributed by atoms with Gasteiger partial charge >= 0.3 is 0 Å². The third kappa shape index (κ3) is 17.6. The Balaban J connectivity index is 1.24. The van der Waals surface area contributed by atoms with Crippen LogP contribution in [0.15, 0.2) is 0 Å². The molecule has 33 heavy (non-hydrogen) atoms.